The number of pyridine rings is 2. The number of aromatic nitrogens is 2. The molecule has 0 bridgehead atoms. The zero-order valence-electron chi connectivity index (χ0n) is 20.6. The van der Waals surface area contributed by atoms with Crippen LogP contribution < -0.4 is 16.4 Å². The highest BCUT2D eigenvalue weighted by atomic mass is 19.1. The molecule has 3 heterocycles. The summed E-state index contributed by atoms with van der Waals surface area (Å²) in [5.41, 5.74) is 8.03. The van der Waals surface area contributed by atoms with Gasteiger partial charge in [-0.2, -0.15) is 0 Å². The summed E-state index contributed by atoms with van der Waals surface area (Å²) in [5, 5.41) is 6.04. The Bertz CT molecular complexity index is 1080. The van der Waals surface area contributed by atoms with E-state index in [4.69, 9.17) is 5.73 Å². The van der Waals surface area contributed by atoms with Gasteiger partial charge >= 0.3 is 0 Å². The van der Waals surface area contributed by atoms with Crippen molar-refractivity contribution in [1.29, 1.82) is 0 Å². The molecule has 0 spiro atoms. The molecule has 1 aliphatic heterocycles. The minimum atomic E-state index is -0.359. The lowest BCUT2D eigenvalue weighted by Crippen LogP contribution is -2.45. The maximum absolute atomic E-state index is 13.2. The van der Waals surface area contributed by atoms with Crippen LogP contribution in [0, 0.1) is 5.82 Å². The average molecular weight is 480 g/mol. The van der Waals surface area contributed by atoms with E-state index in [1.807, 2.05) is 13.8 Å². The Labute approximate surface area is 206 Å². The molecule has 0 aliphatic carbocycles. The number of nitrogens with zero attached hydrogens (tertiary/aromatic N) is 4. The van der Waals surface area contributed by atoms with Crippen molar-refractivity contribution in [3.05, 3.63) is 66.1 Å². The van der Waals surface area contributed by atoms with Gasteiger partial charge in [0.15, 0.2) is 5.82 Å². The Balaban J connectivity index is 0.00000167. The van der Waals surface area contributed by atoms with Gasteiger partial charge in [-0.15, -0.1) is 0 Å². The molecule has 35 heavy (non-hydrogen) atoms. The van der Waals surface area contributed by atoms with E-state index in [0.717, 1.165) is 50.6 Å². The topological polar surface area (TPSA) is 99.4 Å². The van der Waals surface area contributed by atoms with Crippen LogP contribution in [0.4, 0.5) is 21.7 Å². The van der Waals surface area contributed by atoms with Crippen LogP contribution in [0.2, 0.25) is 0 Å². The number of likely N-dealkylation sites (N-methyl/N-ethyl adjacent to an activating group) is 1. The SMILES string of the molecule is CC.CN1CCN(CCNc2ccc(C(=O)Nc3nc(-c4ccc(F)cc4)ccc3N)cn2)CC1. The number of carbonyl (C=O) groups excluding carboxylic acids is 1. The summed E-state index contributed by atoms with van der Waals surface area (Å²) in [7, 11) is 2.14. The van der Waals surface area contributed by atoms with E-state index in [0.29, 0.717) is 16.9 Å². The molecule has 0 saturated carbocycles. The van der Waals surface area contributed by atoms with E-state index in [1.165, 1.54) is 18.3 Å². The zero-order valence-corrected chi connectivity index (χ0v) is 20.6. The van der Waals surface area contributed by atoms with Gasteiger partial charge in [-0.3, -0.25) is 9.69 Å². The summed E-state index contributed by atoms with van der Waals surface area (Å²) in [6.45, 7) is 10.1. The summed E-state index contributed by atoms with van der Waals surface area (Å²) in [5.74, 6) is 0.280. The van der Waals surface area contributed by atoms with Gasteiger partial charge in [-0.05, 0) is 55.6 Å². The van der Waals surface area contributed by atoms with E-state index in [2.05, 4.69) is 37.4 Å². The van der Waals surface area contributed by atoms with Crippen molar-refractivity contribution >= 4 is 23.2 Å². The Morgan fingerprint density at radius 3 is 2.40 bits per heavy atom. The van der Waals surface area contributed by atoms with Gasteiger partial charge in [-0.1, -0.05) is 13.8 Å². The van der Waals surface area contributed by atoms with E-state index >= 15 is 0 Å². The zero-order chi connectivity index (χ0) is 25.2. The fourth-order valence-electron chi connectivity index (χ4n) is 3.58. The van der Waals surface area contributed by atoms with Crippen molar-refractivity contribution in [2.24, 2.45) is 0 Å². The lowest BCUT2D eigenvalue weighted by Gasteiger charge is -2.32. The number of amides is 1. The van der Waals surface area contributed by atoms with Crippen molar-refractivity contribution in [2.45, 2.75) is 13.8 Å². The van der Waals surface area contributed by atoms with Gasteiger partial charge < -0.3 is 21.3 Å². The molecule has 186 valence electrons. The number of nitrogens with one attached hydrogen (secondary N) is 2. The van der Waals surface area contributed by atoms with Crippen molar-refractivity contribution < 1.29 is 9.18 Å². The second-order valence-electron chi connectivity index (χ2n) is 8.10. The lowest BCUT2D eigenvalue weighted by molar-refractivity contribution is 0.102. The van der Waals surface area contributed by atoms with Crippen molar-refractivity contribution in [1.82, 2.24) is 19.8 Å². The summed E-state index contributed by atoms with van der Waals surface area (Å²) >= 11 is 0. The number of carbonyl (C=O) groups is 1. The Hall–Kier alpha value is -3.56. The maximum atomic E-state index is 13.2. The number of halogens is 1. The van der Waals surface area contributed by atoms with E-state index in [1.54, 1.807) is 36.4 Å². The lowest BCUT2D eigenvalue weighted by atomic mass is 10.1. The van der Waals surface area contributed by atoms with Crippen molar-refractivity contribution in [3.63, 3.8) is 0 Å². The molecule has 2 aromatic heterocycles. The fraction of sp³-hybridized carbons (Fsp3) is 0.346. The van der Waals surface area contributed by atoms with Crippen LogP contribution in [0.15, 0.2) is 54.7 Å². The monoisotopic (exact) mass is 479 g/mol. The molecule has 4 N–H and O–H groups in total. The first kappa shape index (κ1) is 26.1. The standard InChI is InChI=1S/C24H28FN7O.C2H6/c1-31-12-14-32(15-13-31)11-10-27-22-9-4-18(16-28-22)24(33)30-23-20(26)7-8-21(29-23)17-2-5-19(25)6-3-17;1-2/h2-9,16H,10-15,26H2,1H3,(H,27,28)(H,29,30,33);1-2H3. The molecule has 0 unspecified atom stereocenters. The van der Waals surface area contributed by atoms with Gasteiger partial charge in [0.1, 0.15) is 11.6 Å². The van der Waals surface area contributed by atoms with Gasteiger partial charge in [0.25, 0.3) is 5.91 Å². The number of rotatable bonds is 7. The molecule has 4 rings (SSSR count). The van der Waals surface area contributed by atoms with Crippen LogP contribution in [0.1, 0.15) is 24.2 Å². The number of nitrogen functional groups attached to an aromatic ring is 1. The van der Waals surface area contributed by atoms with Crippen LogP contribution >= 0.6 is 0 Å². The molecule has 0 radical (unpaired) electrons. The average Bonchev–Trinajstić information content (AvgIpc) is 2.88. The summed E-state index contributed by atoms with van der Waals surface area (Å²) in [4.78, 5) is 26.2. The second kappa shape index (κ2) is 12.8. The van der Waals surface area contributed by atoms with Crippen LogP contribution in [0.5, 0.6) is 0 Å². The number of anilines is 3. The fourth-order valence-corrected chi connectivity index (χ4v) is 3.58. The summed E-state index contributed by atoms with van der Waals surface area (Å²) in [6.07, 6.45) is 1.52. The molecule has 3 aromatic rings. The largest absolute Gasteiger partial charge is 0.396 e. The smallest absolute Gasteiger partial charge is 0.258 e. The molecular weight excluding hydrogens is 445 g/mol. The highest BCUT2D eigenvalue weighted by Gasteiger charge is 2.14. The number of hydrogen-bond donors (Lipinski definition) is 3. The normalized spacial score (nSPS) is 14.1. The Morgan fingerprint density at radius 2 is 1.74 bits per heavy atom. The third-order valence-corrected chi connectivity index (χ3v) is 5.65. The Kier molecular flexibility index (Phi) is 9.51. The Morgan fingerprint density at radius 1 is 1.03 bits per heavy atom. The number of hydrogen-bond acceptors (Lipinski definition) is 7. The molecule has 1 amide bonds. The van der Waals surface area contributed by atoms with Crippen molar-refractivity contribution in [3.8, 4) is 11.3 Å². The molecule has 1 fully saturated rings. The molecule has 9 heteroatoms. The predicted molar refractivity (Wildman–Crippen MR) is 140 cm³/mol. The summed E-state index contributed by atoms with van der Waals surface area (Å²) in [6, 6.07) is 12.8. The van der Waals surface area contributed by atoms with Crippen molar-refractivity contribution in [2.75, 3.05) is 62.7 Å². The van der Waals surface area contributed by atoms with Gasteiger partial charge in [0, 0.05) is 51.0 Å². The molecule has 8 nitrogen and oxygen atoms in total. The molecule has 1 aromatic carbocycles. The minimum Gasteiger partial charge on any atom is -0.396 e. The van der Waals surface area contributed by atoms with Gasteiger partial charge in [0.2, 0.25) is 0 Å². The third kappa shape index (κ3) is 7.46. The summed E-state index contributed by atoms with van der Waals surface area (Å²) < 4.78 is 13.2. The predicted octanol–water partition coefficient (Wildman–Crippen LogP) is 3.80. The van der Waals surface area contributed by atoms with Gasteiger partial charge in [0.05, 0.1) is 16.9 Å². The minimum absolute atomic E-state index is 0.246. The molecule has 1 aliphatic rings. The van der Waals surface area contributed by atoms with Crippen LogP contribution in [0.25, 0.3) is 11.3 Å². The van der Waals surface area contributed by atoms with Crippen LogP contribution in [-0.2, 0) is 0 Å². The molecular formula is C26H34FN7O. The highest BCUT2D eigenvalue weighted by molar-refractivity contribution is 6.05. The van der Waals surface area contributed by atoms with Crippen LogP contribution in [0.3, 0.4) is 0 Å². The van der Waals surface area contributed by atoms with Gasteiger partial charge in [-0.25, -0.2) is 14.4 Å². The van der Waals surface area contributed by atoms with E-state index in [9.17, 15) is 9.18 Å². The highest BCUT2D eigenvalue weighted by Crippen LogP contribution is 2.24. The first-order valence-electron chi connectivity index (χ1n) is 11.9. The molecule has 1 saturated heterocycles. The second-order valence-corrected chi connectivity index (χ2v) is 8.10. The first-order valence-corrected chi connectivity index (χ1v) is 11.9. The van der Waals surface area contributed by atoms with E-state index in [-0.39, 0.29) is 17.5 Å². The maximum Gasteiger partial charge on any atom is 0.258 e. The quantitative estimate of drug-likeness (QED) is 0.474. The number of nitrogens with two attached hydrogens (primary N) is 1. The number of benzene rings is 1. The van der Waals surface area contributed by atoms with E-state index < -0.39 is 0 Å². The van der Waals surface area contributed by atoms with Crippen LogP contribution in [-0.4, -0.2) is 72.0 Å². The first-order chi connectivity index (χ1) is 17.0. The third-order valence-electron chi connectivity index (χ3n) is 5.65. The number of piperazine rings is 1. The molecule has 0 atom stereocenters.